The first-order chi connectivity index (χ1) is 12.6. The van der Waals surface area contributed by atoms with Crippen molar-refractivity contribution in [2.75, 3.05) is 11.9 Å². The van der Waals surface area contributed by atoms with Crippen molar-refractivity contribution in [2.45, 2.75) is 19.5 Å². The molecule has 2 amide bonds. The highest BCUT2D eigenvalue weighted by atomic mass is 35.5. The molecule has 26 heavy (non-hydrogen) atoms. The zero-order chi connectivity index (χ0) is 18.1. The Kier molecular flexibility index (Phi) is 4.43. The lowest BCUT2D eigenvalue weighted by molar-refractivity contribution is 0.182. The molecule has 1 aliphatic heterocycles. The minimum Gasteiger partial charge on any atom is -0.348 e. The van der Waals surface area contributed by atoms with Crippen molar-refractivity contribution < 1.29 is 4.79 Å². The van der Waals surface area contributed by atoms with Crippen molar-refractivity contribution >= 4 is 23.3 Å². The number of rotatable bonds is 2. The summed E-state index contributed by atoms with van der Waals surface area (Å²) >= 11 is 6.05. The van der Waals surface area contributed by atoms with Crippen LogP contribution >= 0.6 is 11.6 Å². The second-order valence-electron chi connectivity index (χ2n) is 6.57. The molecule has 1 aliphatic rings. The first-order valence-corrected chi connectivity index (χ1v) is 9.04. The number of aryl methyl sites for hydroxylation is 1. The Balaban J connectivity index is 1.67. The SMILES string of the molecule is Cc1cccc(NC(=O)N2CCn3cccc3[C@@H]2c2ccc(Cl)cc2)c1. The molecule has 1 N–H and O–H groups in total. The van der Waals surface area contributed by atoms with E-state index >= 15 is 0 Å². The number of amides is 2. The molecule has 1 aromatic heterocycles. The smallest absolute Gasteiger partial charge is 0.322 e. The van der Waals surface area contributed by atoms with Crippen LogP contribution in [0.4, 0.5) is 10.5 Å². The molecule has 0 radical (unpaired) electrons. The molecule has 0 aliphatic carbocycles. The summed E-state index contributed by atoms with van der Waals surface area (Å²) < 4.78 is 2.20. The van der Waals surface area contributed by atoms with Crippen LogP contribution in [0.2, 0.25) is 5.02 Å². The number of anilines is 1. The van der Waals surface area contributed by atoms with Gasteiger partial charge in [-0.2, -0.15) is 0 Å². The summed E-state index contributed by atoms with van der Waals surface area (Å²) in [4.78, 5) is 14.9. The zero-order valence-electron chi connectivity index (χ0n) is 14.5. The Hall–Kier alpha value is -2.72. The molecule has 0 bridgehead atoms. The van der Waals surface area contributed by atoms with Gasteiger partial charge in [-0.1, -0.05) is 35.9 Å². The molecule has 4 rings (SSSR count). The van der Waals surface area contributed by atoms with Crippen LogP contribution in [0.3, 0.4) is 0 Å². The summed E-state index contributed by atoms with van der Waals surface area (Å²) in [6.45, 7) is 3.44. The van der Waals surface area contributed by atoms with Crippen LogP contribution in [-0.2, 0) is 6.54 Å². The Morgan fingerprint density at radius 1 is 1.08 bits per heavy atom. The monoisotopic (exact) mass is 365 g/mol. The van der Waals surface area contributed by atoms with Crippen LogP contribution in [0, 0.1) is 6.92 Å². The molecule has 0 spiro atoms. The van der Waals surface area contributed by atoms with Crippen molar-refractivity contribution in [1.29, 1.82) is 0 Å². The van der Waals surface area contributed by atoms with E-state index in [2.05, 4.69) is 22.1 Å². The molecular weight excluding hydrogens is 346 g/mol. The third kappa shape index (κ3) is 3.20. The van der Waals surface area contributed by atoms with Gasteiger partial charge in [-0.05, 0) is 54.4 Å². The summed E-state index contributed by atoms with van der Waals surface area (Å²) in [5.74, 6) is 0. The largest absolute Gasteiger partial charge is 0.348 e. The van der Waals surface area contributed by atoms with Gasteiger partial charge in [-0.3, -0.25) is 0 Å². The number of carbonyl (C=O) groups is 1. The van der Waals surface area contributed by atoms with Crippen molar-refractivity contribution in [3.8, 4) is 0 Å². The number of hydrogen-bond donors (Lipinski definition) is 1. The highest BCUT2D eigenvalue weighted by Gasteiger charge is 2.32. The van der Waals surface area contributed by atoms with Crippen molar-refractivity contribution in [1.82, 2.24) is 9.47 Å². The third-order valence-electron chi connectivity index (χ3n) is 4.75. The van der Waals surface area contributed by atoms with E-state index < -0.39 is 0 Å². The van der Waals surface area contributed by atoms with E-state index in [1.54, 1.807) is 0 Å². The number of urea groups is 1. The summed E-state index contributed by atoms with van der Waals surface area (Å²) in [6.07, 6.45) is 2.06. The van der Waals surface area contributed by atoms with Gasteiger partial charge in [0.05, 0.1) is 6.04 Å². The fourth-order valence-electron chi connectivity index (χ4n) is 3.52. The van der Waals surface area contributed by atoms with E-state index in [4.69, 9.17) is 11.6 Å². The number of carbonyl (C=O) groups excluding carboxylic acids is 1. The average Bonchev–Trinajstić information content (AvgIpc) is 3.10. The molecule has 5 heteroatoms. The fraction of sp³-hybridized carbons (Fsp3) is 0.190. The van der Waals surface area contributed by atoms with Gasteiger partial charge >= 0.3 is 6.03 Å². The van der Waals surface area contributed by atoms with Crippen LogP contribution in [-0.4, -0.2) is 22.0 Å². The van der Waals surface area contributed by atoms with E-state index in [0.29, 0.717) is 11.6 Å². The Morgan fingerprint density at radius 2 is 1.88 bits per heavy atom. The summed E-state index contributed by atoms with van der Waals surface area (Å²) in [7, 11) is 0. The van der Waals surface area contributed by atoms with Gasteiger partial charge in [0.25, 0.3) is 0 Å². The van der Waals surface area contributed by atoms with Gasteiger partial charge in [0, 0.05) is 35.7 Å². The van der Waals surface area contributed by atoms with Gasteiger partial charge in [0.1, 0.15) is 0 Å². The number of nitrogens with one attached hydrogen (secondary N) is 1. The van der Waals surface area contributed by atoms with Gasteiger partial charge < -0.3 is 14.8 Å². The molecular formula is C21H20ClN3O. The maximum atomic E-state index is 13.0. The van der Waals surface area contributed by atoms with Crippen molar-refractivity contribution in [3.05, 3.63) is 88.7 Å². The van der Waals surface area contributed by atoms with E-state index in [0.717, 1.165) is 29.1 Å². The molecule has 2 heterocycles. The van der Waals surface area contributed by atoms with E-state index in [-0.39, 0.29) is 12.1 Å². The number of halogens is 1. The standard InChI is InChI=1S/C21H20ClN3O/c1-15-4-2-5-18(14-15)23-21(26)25-13-12-24-11-3-6-19(24)20(25)16-7-9-17(22)10-8-16/h2-11,14,20H,12-13H2,1H3,(H,23,26)/t20-/m0/s1. The summed E-state index contributed by atoms with van der Waals surface area (Å²) in [6, 6.07) is 19.4. The Labute approximate surface area is 158 Å². The van der Waals surface area contributed by atoms with Crippen LogP contribution in [0.15, 0.2) is 66.9 Å². The fourth-order valence-corrected chi connectivity index (χ4v) is 3.64. The second kappa shape index (κ2) is 6.89. The van der Waals surface area contributed by atoms with E-state index in [9.17, 15) is 4.79 Å². The lowest BCUT2D eigenvalue weighted by atomic mass is 10.0. The topological polar surface area (TPSA) is 37.3 Å². The minimum absolute atomic E-state index is 0.0944. The van der Waals surface area contributed by atoms with Gasteiger partial charge in [-0.15, -0.1) is 0 Å². The predicted molar refractivity (Wildman–Crippen MR) is 105 cm³/mol. The molecule has 2 aromatic carbocycles. The third-order valence-corrected chi connectivity index (χ3v) is 5.01. The van der Waals surface area contributed by atoms with Crippen molar-refractivity contribution in [3.63, 3.8) is 0 Å². The minimum atomic E-state index is -0.138. The van der Waals surface area contributed by atoms with Gasteiger partial charge in [0.2, 0.25) is 0 Å². The maximum Gasteiger partial charge on any atom is 0.322 e. The Morgan fingerprint density at radius 3 is 2.65 bits per heavy atom. The van der Waals surface area contributed by atoms with E-state index in [1.807, 2.05) is 66.4 Å². The van der Waals surface area contributed by atoms with Crippen LogP contribution in [0.25, 0.3) is 0 Å². The predicted octanol–water partition coefficient (Wildman–Crippen LogP) is 5.09. The van der Waals surface area contributed by atoms with E-state index in [1.165, 1.54) is 0 Å². The molecule has 0 saturated heterocycles. The van der Waals surface area contributed by atoms with Crippen molar-refractivity contribution in [2.24, 2.45) is 0 Å². The van der Waals surface area contributed by atoms with Crippen LogP contribution in [0.5, 0.6) is 0 Å². The summed E-state index contributed by atoms with van der Waals surface area (Å²) in [5, 5.41) is 3.73. The zero-order valence-corrected chi connectivity index (χ0v) is 15.3. The van der Waals surface area contributed by atoms with Crippen LogP contribution in [0.1, 0.15) is 22.9 Å². The molecule has 4 nitrogen and oxygen atoms in total. The molecule has 132 valence electrons. The van der Waals surface area contributed by atoms with Crippen LogP contribution < -0.4 is 5.32 Å². The number of hydrogen-bond acceptors (Lipinski definition) is 1. The Bertz CT molecular complexity index is 932. The van der Waals surface area contributed by atoms with Gasteiger partial charge in [0.15, 0.2) is 0 Å². The number of aromatic nitrogens is 1. The molecule has 1 atom stereocenters. The number of benzene rings is 2. The number of nitrogens with zero attached hydrogens (tertiary/aromatic N) is 2. The molecule has 0 saturated carbocycles. The van der Waals surface area contributed by atoms with Gasteiger partial charge in [-0.25, -0.2) is 4.79 Å². The highest BCUT2D eigenvalue weighted by molar-refractivity contribution is 6.30. The quantitative estimate of drug-likeness (QED) is 0.675. The molecule has 3 aromatic rings. The number of fused-ring (bicyclic) bond motifs is 1. The summed E-state index contributed by atoms with van der Waals surface area (Å²) in [5.41, 5.74) is 4.08. The lowest BCUT2D eigenvalue weighted by Gasteiger charge is -2.37. The lowest BCUT2D eigenvalue weighted by Crippen LogP contribution is -2.44. The maximum absolute atomic E-state index is 13.0. The normalized spacial score (nSPS) is 16.2. The first kappa shape index (κ1) is 16.7. The molecule has 0 fully saturated rings. The molecule has 0 unspecified atom stereocenters. The average molecular weight is 366 g/mol. The highest BCUT2D eigenvalue weighted by Crippen LogP contribution is 2.33. The second-order valence-corrected chi connectivity index (χ2v) is 7.01. The first-order valence-electron chi connectivity index (χ1n) is 8.66.